The lowest BCUT2D eigenvalue weighted by Crippen LogP contribution is -2.40. The minimum atomic E-state index is 0.163. The lowest BCUT2D eigenvalue weighted by Gasteiger charge is -2.19. The van der Waals surface area contributed by atoms with E-state index in [0.717, 1.165) is 30.9 Å². The van der Waals surface area contributed by atoms with Crippen molar-refractivity contribution in [2.75, 3.05) is 32.8 Å². The third-order valence-electron chi connectivity index (χ3n) is 4.02. The van der Waals surface area contributed by atoms with Crippen molar-refractivity contribution < 1.29 is 9.53 Å². The summed E-state index contributed by atoms with van der Waals surface area (Å²) in [5.74, 6) is 1.75. The maximum atomic E-state index is 12.1. The van der Waals surface area contributed by atoms with Crippen LogP contribution in [0.3, 0.4) is 0 Å². The first-order chi connectivity index (χ1) is 12.5. The van der Waals surface area contributed by atoms with E-state index in [1.807, 2.05) is 45.6 Å². The number of guanidine groups is 1. The first-order valence-electron chi connectivity index (χ1n) is 9.57. The Balaban J connectivity index is 2.68. The van der Waals surface area contributed by atoms with Crippen LogP contribution in [0.5, 0.6) is 5.75 Å². The number of nitrogens with one attached hydrogen (secondary N) is 2. The molecule has 6 heteroatoms. The van der Waals surface area contributed by atoms with E-state index in [2.05, 4.69) is 27.8 Å². The highest BCUT2D eigenvalue weighted by Gasteiger charge is 2.09. The molecule has 0 aromatic heterocycles. The van der Waals surface area contributed by atoms with Crippen LogP contribution in [0.1, 0.15) is 45.2 Å². The fourth-order valence-electron chi connectivity index (χ4n) is 2.61. The van der Waals surface area contributed by atoms with Crippen molar-refractivity contribution in [3.05, 3.63) is 29.3 Å². The molecule has 1 rings (SSSR count). The second kappa shape index (κ2) is 12.2. The van der Waals surface area contributed by atoms with Gasteiger partial charge in [-0.15, -0.1) is 0 Å². The van der Waals surface area contributed by atoms with Crippen LogP contribution in [0.25, 0.3) is 0 Å². The number of ether oxygens (including phenoxy) is 1. The van der Waals surface area contributed by atoms with E-state index in [9.17, 15) is 4.79 Å². The molecule has 0 bridgehead atoms. The number of amides is 1. The zero-order valence-corrected chi connectivity index (χ0v) is 16.9. The lowest BCUT2D eigenvalue weighted by molar-refractivity contribution is -0.130. The number of benzene rings is 1. The first kappa shape index (κ1) is 21.8. The van der Waals surface area contributed by atoms with Gasteiger partial charge in [-0.1, -0.05) is 12.1 Å². The Hall–Kier alpha value is -2.24. The highest BCUT2D eigenvalue weighted by molar-refractivity contribution is 5.81. The maximum absolute atomic E-state index is 12.1. The fraction of sp³-hybridized carbons (Fsp3) is 0.600. The summed E-state index contributed by atoms with van der Waals surface area (Å²) >= 11 is 0. The topological polar surface area (TPSA) is 66.0 Å². The van der Waals surface area contributed by atoms with Gasteiger partial charge in [0.2, 0.25) is 5.91 Å². The zero-order valence-electron chi connectivity index (χ0n) is 16.9. The summed E-state index contributed by atoms with van der Waals surface area (Å²) in [7, 11) is 0. The van der Waals surface area contributed by atoms with E-state index in [1.165, 1.54) is 5.56 Å². The van der Waals surface area contributed by atoms with Crippen LogP contribution in [-0.4, -0.2) is 49.6 Å². The Morgan fingerprint density at radius 3 is 2.50 bits per heavy atom. The Labute approximate surface area is 158 Å². The Kier molecular flexibility index (Phi) is 10.2. The van der Waals surface area contributed by atoms with Crippen molar-refractivity contribution in [3.8, 4) is 5.75 Å². The second-order valence-corrected chi connectivity index (χ2v) is 5.98. The normalized spacial score (nSPS) is 11.2. The van der Waals surface area contributed by atoms with Crippen LogP contribution in [0, 0.1) is 6.92 Å². The van der Waals surface area contributed by atoms with E-state index in [0.29, 0.717) is 32.1 Å². The molecule has 2 N–H and O–H groups in total. The van der Waals surface area contributed by atoms with Crippen molar-refractivity contribution in [1.82, 2.24) is 15.5 Å². The van der Waals surface area contributed by atoms with Crippen molar-refractivity contribution >= 4 is 11.9 Å². The predicted octanol–water partition coefficient (Wildman–Crippen LogP) is 2.71. The molecule has 1 aromatic carbocycles. The van der Waals surface area contributed by atoms with Gasteiger partial charge in [0, 0.05) is 38.2 Å². The van der Waals surface area contributed by atoms with Gasteiger partial charge in [-0.2, -0.15) is 0 Å². The van der Waals surface area contributed by atoms with Crippen molar-refractivity contribution in [2.24, 2.45) is 4.99 Å². The van der Waals surface area contributed by atoms with Gasteiger partial charge >= 0.3 is 0 Å². The standard InChI is InChI=1S/C20H34N4O2/c1-6-21-20(22-13-12-19(25)24(7-2)8-3)23-15-17-11-10-16(5)14-18(17)26-9-4/h10-11,14H,6-9,12-13,15H2,1-5H3,(H2,21,22,23). The van der Waals surface area contributed by atoms with Crippen LogP contribution in [-0.2, 0) is 11.3 Å². The Morgan fingerprint density at radius 2 is 1.88 bits per heavy atom. The monoisotopic (exact) mass is 362 g/mol. The minimum Gasteiger partial charge on any atom is -0.494 e. The highest BCUT2D eigenvalue weighted by atomic mass is 16.5. The predicted molar refractivity (Wildman–Crippen MR) is 108 cm³/mol. The SMILES string of the molecule is CCNC(=NCc1ccc(C)cc1OCC)NCCC(=O)N(CC)CC. The van der Waals surface area contributed by atoms with Crippen LogP contribution in [0.2, 0.25) is 0 Å². The summed E-state index contributed by atoms with van der Waals surface area (Å²) in [5.41, 5.74) is 2.22. The molecular weight excluding hydrogens is 328 g/mol. The van der Waals surface area contributed by atoms with Gasteiger partial charge in [0.1, 0.15) is 5.75 Å². The van der Waals surface area contributed by atoms with Gasteiger partial charge in [-0.3, -0.25) is 4.79 Å². The van der Waals surface area contributed by atoms with E-state index in [4.69, 9.17) is 4.74 Å². The summed E-state index contributed by atoms with van der Waals surface area (Å²) in [5, 5.41) is 6.46. The Morgan fingerprint density at radius 1 is 1.15 bits per heavy atom. The number of hydrogen-bond donors (Lipinski definition) is 2. The van der Waals surface area contributed by atoms with Gasteiger partial charge in [0.25, 0.3) is 0 Å². The quantitative estimate of drug-likeness (QED) is 0.496. The van der Waals surface area contributed by atoms with Gasteiger partial charge < -0.3 is 20.3 Å². The molecular formula is C20H34N4O2. The molecule has 0 aliphatic rings. The molecule has 0 atom stereocenters. The number of hydrogen-bond acceptors (Lipinski definition) is 3. The van der Waals surface area contributed by atoms with E-state index < -0.39 is 0 Å². The molecule has 0 saturated heterocycles. The van der Waals surface area contributed by atoms with Crippen LogP contribution < -0.4 is 15.4 Å². The molecule has 0 spiro atoms. The molecule has 0 unspecified atom stereocenters. The van der Waals surface area contributed by atoms with Gasteiger partial charge in [0.15, 0.2) is 5.96 Å². The number of rotatable bonds is 10. The van der Waals surface area contributed by atoms with Crippen LogP contribution in [0.15, 0.2) is 23.2 Å². The van der Waals surface area contributed by atoms with Gasteiger partial charge in [-0.25, -0.2) is 4.99 Å². The molecule has 1 amide bonds. The average molecular weight is 363 g/mol. The van der Waals surface area contributed by atoms with Crippen molar-refractivity contribution in [2.45, 2.75) is 47.6 Å². The fourth-order valence-corrected chi connectivity index (χ4v) is 2.61. The van der Waals surface area contributed by atoms with Crippen molar-refractivity contribution in [3.63, 3.8) is 0 Å². The summed E-state index contributed by atoms with van der Waals surface area (Å²) in [6, 6.07) is 6.16. The summed E-state index contributed by atoms with van der Waals surface area (Å²) in [6.45, 7) is 14.0. The molecule has 0 aliphatic carbocycles. The molecule has 146 valence electrons. The lowest BCUT2D eigenvalue weighted by atomic mass is 10.1. The Bertz CT molecular complexity index is 583. The van der Waals surface area contributed by atoms with Crippen LogP contribution in [0.4, 0.5) is 0 Å². The van der Waals surface area contributed by atoms with Crippen molar-refractivity contribution in [1.29, 1.82) is 0 Å². The molecule has 6 nitrogen and oxygen atoms in total. The first-order valence-corrected chi connectivity index (χ1v) is 9.57. The highest BCUT2D eigenvalue weighted by Crippen LogP contribution is 2.21. The van der Waals surface area contributed by atoms with E-state index >= 15 is 0 Å². The van der Waals surface area contributed by atoms with E-state index in [-0.39, 0.29) is 5.91 Å². The molecule has 1 aromatic rings. The smallest absolute Gasteiger partial charge is 0.224 e. The summed E-state index contributed by atoms with van der Waals surface area (Å²) in [6.07, 6.45) is 0.459. The third-order valence-corrected chi connectivity index (χ3v) is 4.02. The maximum Gasteiger partial charge on any atom is 0.224 e. The van der Waals surface area contributed by atoms with Crippen LogP contribution >= 0.6 is 0 Å². The molecule has 0 saturated carbocycles. The number of carbonyl (C=O) groups excluding carboxylic acids is 1. The molecule has 0 fully saturated rings. The molecule has 0 aliphatic heterocycles. The molecule has 26 heavy (non-hydrogen) atoms. The molecule has 0 heterocycles. The zero-order chi connectivity index (χ0) is 19.4. The number of aliphatic imine (C=N–C) groups is 1. The third kappa shape index (κ3) is 7.33. The number of nitrogens with zero attached hydrogens (tertiary/aromatic N) is 2. The summed E-state index contributed by atoms with van der Waals surface area (Å²) < 4.78 is 5.71. The number of carbonyl (C=O) groups is 1. The van der Waals surface area contributed by atoms with Gasteiger partial charge in [-0.05, 0) is 46.2 Å². The minimum absolute atomic E-state index is 0.163. The average Bonchev–Trinajstić information content (AvgIpc) is 2.62. The molecule has 0 radical (unpaired) electrons. The van der Waals surface area contributed by atoms with Gasteiger partial charge in [0.05, 0.1) is 13.2 Å². The second-order valence-electron chi connectivity index (χ2n) is 5.98. The van der Waals surface area contributed by atoms with E-state index in [1.54, 1.807) is 0 Å². The summed E-state index contributed by atoms with van der Waals surface area (Å²) in [4.78, 5) is 18.5. The number of aryl methyl sites for hydroxylation is 1. The largest absolute Gasteiger partial charge is 0.494 e.